The lowest BCUT2D eigenvalue weighted by Gasteiger charge is -2.01. The first kappa shape index (κ1) is 9.65. The Morgan fingerprint density at radius 3 is 2.77 bits per heavy atom. The molecule has 0 fully saturated rings. The monoisotopic (exact) mass is 175 g/mol. The molecule has 13 heavy (non-hydrogen) atoms. The van der Waals surface area contributed by atoms with Crippen LogP contribution in [0.3, 0.4) is 0 Å². The molecule has 0 unspecified atom stereocenters. The number of ketones is 1. The van der Waals surface area contributed by atoms with Crippen molar-refractivity contribution < 1.29 is 4.79 Å². The molecule has 0 atom stereocenters. The van der Waals surface area contributed by atoms with Crippen molar-refractivity contribution in [1.29, 1.82) is 0 Å². The minimum Gasteiger partial charge on any atom is -0.300 e. The number of hydrogen-bond donors (Lipinski definition) is 0. The van der Waals surface area contributed by atoms with Gasteiger partial charge in [0.05, 0.1) is 0 Å². The summed E-state index contributed by atoms with van der Waals surface area (Å²) in [7, 11) is 1.73. The van der Waals surface area contributed by atoms with Crippen molar-refractivity contribution in [2.45, 2.75) is 13.3 Å². The van der Waals surface area contributed by atoms with E-state index in [4.69, 9.17) is 0 Å². The molecule has 0 heterocycles. The maximum absolute atomic E-state index is 10.9. The zero-order valence-corrected chi connectivity index (χ0v) is 7.95. The molecule has 2 heteroatoms. The summed E-state index contributed by atoms with van der Waals surface area (Å²) >= 11 is 0. The second-order valence-corrected chi connectivity index (χ2v) is 2.96. The smallest absolute Gasteiger partial charge is 0.134 e. The molecule has 0 aliphatic carbocycles. The number of carbonyl (C=O) groups excluding carboxylic acids is 1. The molecule has 0 radical (unpaired) electrons. The van der Waals surface area contributed by atoms with E-state index in [0.29, 0.717) is 6.42 Å². The van der Waals surface area contributed by atoms with E-state index in [-0.39, 0.29) is 5.78 Å². The number of benzene rings is 1. The Kier molecular flexibility index (Phi) is 3.38. The molecular weight excluding hydrogens is 162 g/mol. The largest absolute Gasteiger partial charge is 0.300 e. The minimum atomic E-state index is 0.178. The van der Waals surface area contributed by atoms with E-state index in [9.17, 15) is 4.79 Å². The Hall–Kier alpha value is -1.44. The van der Waals surface area contributed by atoms with E-state index in [2.05, 4.69) is 4.99 Å². The van der Waals surface area contributed by atoms with Crippen molar-refractivity contribution in [3.8, 4) is 0 Å². The quantitative estimate of drug-likeness (QED) is 0.645. The van der Waals surface area contributed by atoms with Gasteiger partial charge in [-0.15, -0.1) is 0 Å². The molecule has 0 saturated carbocycles. The summed E-state index contributed by atoms with van der Waals surface area (Å²) in [6, 6.07) is 7.80. The number of aliphatic imine (C=N–C) groups is 1. The molecular formula is C11H13NO. The Morgan fingerprint density at radius 2 is 2.15 bits per heavy atom. The molecule has 1 aromatic carbocycles. The van der Waals surface area contributed by atoms with Gasteiger partial charge >= 0.3 is 0 Å². The van der Waals surface area contributed by atoms with Gasteiger partial charge in [-0.3, -0.25) is 9.79 Å². The second kappa shape index (κ2) is 4.55. The fraction of sp³-hybridized carbons (Fsp3) is 0.273. The second-order valence-electron chi connectivity index (χ2n) is 2.96. The number of rotatable bonds is 3. The Morgan fingerprint density at radius 1 is 1.46 bits per heavy atom. The molecule has 1 aromatic rings. The highest BCUT2D eigenvalue weighted by Crippen LogP contribution is 2.07. The van der Waals surface area contributed by atoms with Crippen LogP contribution in [-0.4, -0.2) is 19.0 Å². The van der Waals surface area contributed by atoms with Crippen molar-refractivity contribution in [1.82, 2.24) is 0 Å². The van der Waals surface area contributed by atoms with Crippen LogP contribution in [0.1, 0.15) is 18.1 Å². The van der Waals surface area contributed by atoms with E-state index in [1.54, 1.807) is 20.2 Å². The van der Waals surface area contributed by atoms with Crippen LogP contribution in [0.15, 0.2) is 29.3 Å². The standard InChI is InChI=1S/C11H13NO/c1-9(13)7-10-5-3-4-6-11(10)8-12-2/h3-6,8H,7H2,1-2H3/b12-8+. The first-order valence-electron chi connectivity index (χ1n) is 4.23. The zero-order valence-electron chi connectivity index (χ0n) is 7.95. The average Bonchev–Trinajstić information content (AvgIpc) is 2.08. The summed E-state index contributed by atoms with van der Waals surface area (Å²) in [6.45, 7) is 1.60. The highest BCUT2D eigenvalue weighted by molar-refractivity contribution is 5.86. The summed E-state index contributed by atoms with van der Waals surface area (Å²) in [5.41, 5.74) is 2.07. The molecule has 0 amide bonds. The van der Waals surface area contributed by atoms with E-state index in [1.165, 1.54) is 0 Å². The van der Waals surface area contributed by atoms with E-state index in [1.807, 2.05) is 24.3 Å². The van der Waals surface area contributed by atoms with Gasteiger partial charge in [0.2, 0.25) is 0 Å². The first-order valence-corrected chi connectivity index (χ1v) is 4.23. The van der Waals surface area contributed by atoms with Crippen LogP contribution in [-0.2, 0) is 11.2 Å². The van der Waals surface area contributed by atoms with Gasteiger partial charge in [-0.1, -0.05) is 24.3 Å². The highest BCUT2D eigenvalue weighted by Gasteiger charge is 2.01. The topological polar surface area (TPSA) is 29.4 Å². The summed E-state index contributed by atoms with van der Waals surface area (Å²) in [5, 5.41) is 0. The number of nitrogens with zero attached hydrogens (tertiary/aromatic N) is 1. The Balaban J connectivity index is 2.97. The van der Waals surface area contributed by atoms with Gasteiger partial charge in [-0.2, -0.15) is 0 Å². The predicted molar refractivity (Wildman–Crippen MR) is 54.3 cm³/mol. The fourth-order valence-corrected chi connectivity index (χ4v) is 1.23. The van der Waals surface area contributed by atoms with Crippen molar-refractivity contribution in [2.75, 3.05) is 7.05 Å². The van der Waals surface area contributed by atoms with Gasteiger partial charge in [0, 0.05) is 19.7 Å². The van der Waals surface area contributed by atoms with Gasteiger partial charge in [0.1, 0.15) is 5.78 Å². The van der Waals surface area contributed by atoms with E-state index in [0.717, 1.165) is 11.1 Å². The summed E-state index contributed by atoms with van der Waals surface area (Å²) in [6.07, 6.45) is 2.26. The minimum absolute atomic E-state index is 0.178. The van der Waals surface area contributed by atoms with Gasteiger partial charge in [-0.05, 0) is 18.1 Å². The number of carbonyl (C=O) groups is 1. The Labute approximate surface area is 78.3 Å². The molecule has 0 aliphatic heterocycles. The maximum Gasteiger partial charge on any atom is 0.134 e. The van der Waals surface area contributed by atoms with E-state index < -0.39 is 0 Å². The molecule has 0 saturated heterocycles. The maximum atomic E-state index is 10.9. The lowest BCUT2D eigenvalue weighted by molar-refractivity contribution is -0.116. The predicted octanol–water partition coefficient (Wildman–Crippen LogP) is 1.87. The highest BCUT2D eigenvalue weighted by atomic mass is 16.1. The van der Waals surface area contributed by atoms with Crippen LogP contribution in [0.5, 0.6) is 0 Å². The lowest BCUT2D eigenvalue weighted by atomic mass is 10.0. The molecule has 0 N–H and O–H groups in total. The molecule has 1 rings (SSSR count). The van der Waals surface area contributed by atoms with Crippen molar-refractivity contribution in [3.63, 3.8) is 0 Å². The fourth-order valence-electron chi connectivity index (χ4n) is 1.23. The van der Waals surface area contributed by atoms with Crippen LogP contribution in [0.25, 0.3) is 0 Å². The van der Waals surface area contributed by atoms with Crippen LogP contribution in [0.4, 0.5) is 0 Å². The third-order valence-corrected chi connectivity index (χ3v) is 1.76. The third kappa shape index (κ3) is 2.82. The molecule has 0 aliphatic rings. The SMILES string of the molecule is C/N=C/c1ccccc1CC(C)=O. The molecule has 0 aromatic heterocycles. The van der Waals surface area contributed by atoms with Gasteiger partial charge in [0.25, 0.3) is 0 Å². The van der Waals surface area contributed by atoms with Crippen molar-refractivity contribution in [3.05, 3.63) is 35.4 Å². The normalized spacial score (nSPS) is 10.6. The molecule has 0 spiro atoms. The van der Waals surface area contributed by atoms with Gasteiger partial charge in [-0.25, -0.2) is 0 Å². The number of Topliss-reactive ketones (excluding diaryl/α,β-unsaturated/α-hetero) is 1. The molecule has 0 bridgehead atoms. The Bertz CT molecular complexity index is 329. The van der Waals surface area contributed by atoms with Gasteiger partial charge < -0.3 is 0 Å². The van der Waals surface area contributed by atoms with Crippen LogP contribution >= 0.6 is 0 Å². The summed E-state index contributed by atoms with van der Waals surface area (Å²) in [4.78, 5) is 14.9. The van der Waals surface area contributed by atoms with Crippen LogP contribution in [0, 0.1) is 0 Å². The third-order valence-electron chi connectivity index (χ3n) is 1.76. The van der Waals surface area contributed by atoms with Crippen LogP contribution in [0.2, 0.25) is 0 Å². The van der Waals surface area contributed by atoms with E-state index >= 15 is 0 Å². The summed E-state index contributed by atoms with van der Waals surface area (Å²) in [5.74, 6) is 0.178. The number of hydrogen-bond acceptors (Lipinski definition) is 2. The van der Waals surface area contributed by atoms with Gasteiger partial charge in [0.15, 0.2) is 0 Å². The van der Waals surface area contributed by atoms with Crippen molar-refractivity contribution in [2.24, 2.45) is 4.99 Å². The zero-order chi connectivity index (χ0) is 9.68. The molecule has 2 nitrogen and oxygen atoms in total. The summed E-state index contributed by atoms with van der Waals surface area (Å²) < 4.78 is 0. The lowest BCUT2D eigenvalue weighted by Crippen LogP contribution is -2.00. The van der Waals surface area contributed by atoms with Crippen LogP contribution < -0.4 is 0 Å². The van der Waals surface area contributed by atoms with Crippen molar-refractivity contribution >= 4 is 12.0 Å². The first-order chi connectivity index (χ1) is 6.24. The average molecular weight is 175 g/mol. The molecule has 68 valence electrons.